The molecule has 26 heavy (non-hydrogen) atoms. The topological polar surface area (TPSA) is 72.8 Å². The smallest absolute Gasteiger partial charge is 0.299 e. The lowest BCUT2D eigenvalue weighted by atomic mass is 9.70. The van der Waals surface area contributed by atoms with Crippen LogP contribution in [-0.2, 0) is 19.2 Å². The van der Waals surface area contributed by atoms with Crippen LogP contribution in [0.1, 0.15) is 52.0 Å². The highest BCUT2D eigenvalue weighted by molar-refractivity contribution is 7.86. The van der Waals surface area contributed by atoms with Crippen LogP contribution in [0, 0.1) is 22.6 Å². The third kappa shape index (κ3) is 3.06. The average molecular weight is 381 g/mol. The number of halogens is 1. The maximum atomic E-state index is 13.1. The minimum atomic E-state index is -4.02. The van der Waals surface area contributed by atoms with Crippen LogP contribution in [0.3, 0.4) is 0 Å². The summed E-state index contributed by atoms with van der Waals surface area (Å²) in [6.45, 7) is 5.76. The van der Waals surface area contributed by atoms with Crippen LogP contribution < -0.4 is 0 Å². The lowest BCUT2D eigenvalue weighted by Gasteiger charge is -2.35. The van der Waals surface area contributed by atoms with E-state index in [1.807, 2.05) is 20.8 Å². The molecule has 0 N–H and O–H groups in total. The van der Waals surface area contributed by atoms with E-state index < -0.39 is 15.5 Å². The van der Waals surface area contributed by atoms with Gasteiger partial charge in [0.15, 0.2) is 0 Å². The minimum Gasteiger partial charge on any atom is -0.299 e. The van der Waals surface area contributed by atoms with Crippen molar-refractivity contribution in [3.63, 3.8) is 0 Å². The van der Waals surface area contributed by atoms with Crippen LogP contribution in [0.15, 0.2) is 29.4 Å². The van der Waals surface area contributed by atoms with E-state index in [2.05, 4.69) is 5.16 Å². The fourth-order valence-electron chi connectivity index (χ4n) is 4.50. The van der Waals surface area contributed by atoms with Crippen LogP contribution in [0.25, 0.3) is 0 Å². The first-order valence-electron chi connectivity index (χ1n) is 8.89. The summed E-state index contributed by atoms with van der Waals surface area (Å²) < 4.78 is 43.1. The predicted octanol–water partition coefficient (Wildman–Crippen LogP) is 3.68. The van der Waals surface area contributed by atoms with Gasteiger partial charge in [0.2, 0.25) is 0 Å². The largest absolute Gasteiger partial charge is 0.329 e. The van der Waals surface area contributed by atoms with Gasteiger partial charge >= 0.3 is 10.1 Å². The van der Waals surface area contributed by atoms with Gasteiger partial charge in [-0.3, -0.25) is 9.08 Å². The second-order valence-electron chi connectivity index (χ2n) is 7.84. The molecule has 2 saturated carbocycles. The molecule has 1 aromatic carbocycles. The van der Waals surface area contributed by atoms with E-state index in [1.54, 1.807) is 0 Å². The highest BCUT2D eigenvalue weighted by Gasteiger charge is 2.65. The summed E-state index contributed by atoms with van der Waals surface area (Å²) in [6, 6.07) is 5.62. The van der Waals surface area contributed by atoms with Crippen LogP contribution in [-0.4, -0.2) is 25.7 Å². The first-order valence-corrected chi connectivity index (χ1v) is 10.5. The molecular formula is C19H24FNO4S. The zero-order chi connectivity index (χ0) is 19.2. The summed E-state index contributed by atoms with van der Waals surface area (Å²) >= 11 is 0. The summed E-state index contributed by atoms with van der Waals surface area (Å²) in [5.74, 6) is -0.468. The van der Waals surface area contributed by atoms with E-state index >= 15 is 0 Å². The monoisotopic (exact) mass is 381 g/mol. The van der Waals surface area contributed by atoms with E-state index in [0.717, 1.165) is 6.42 Å². The number of ketones is 1. The molecular weight excluding hydrogens is 357 g/mol. The highest BCUT2D eigenvalue weighted by Crippen LogP contribution is 2.64. The van der Waals surface area contributed by atoms with E-state index in [1.165, 1.54) is 24.3 Å². The van der Waals surface area contributed by atoms with E-state index in [0.29, 0.717) is 30.5 Å². The van der Waals surface area contributed by atoms with Gasteiger partial charge in [0.1, 0.15) is 17.4 Å². The SMILES string of the molecule is CCC(=NOS(=O)(=O)CC12CCC(CC1=O)C2(C)C)c1ccc(F)cc1. The Labute approximate surface area is 153 Å². The fourth-order valence-corrected chi connectivity index (χ4v) is 6.04. The molecule has 0 spiro atoms. The third-order valence-electron chi connectivity index (χ3n) is 6.34. The molecule has 0 radical (unpaired) electrons. The molecule has 2 atom stereocenters. The maximum absolute atomic E-state index is 13.1. The molecule has 7 heteroatoms. The van der Waals surface area contributed by atoms with Crippen LogP contribution >= 0.6 is 0 Å². The molecule has 2 aliphatic rings. The molecule has 0 heterocycles. The Morgan fingerprint density at radius 1 is 1.31 bits per heavy atom. The third-order valence-corrected chi connectivity index (χ3v) is 7.48. The number of hydrogen-bond donors (Lipinski definition) is 0. The van der Waals surface area contributed by atoms with Crippen LogP contribution in [0.2, 0.25) is 0 Å². The Balaban J connectivity index is 1.81. The normalized spacial score (nSPS) is 27.8. The Kier molecular flexibility index (Phi) is 4.71. The van der Waals surface area contributed by atoms with Gasteiger partial charge in [0.05, 0.1) is 11.1 Å². The van der Waals surface area contributed by atoms with Crippen molar-refractivity contribution in [3.05, 3.63) is 35.6 Å². The van der Waals surface area contributed by atoms with Gasteiger partial charge in [-0.2, -0.15) is 8.42 Å². The molecule has 0 aromatic heterocycles. The summed E-state index contributed by atoms with van der Waals surface area (Å²) in [6.07, 6.45) is 2.32. The molecule has 142 valence electrons. The lowest BCUT2D eigenvalue weighted by molar-refractivity contribution is -0.128. The number of hydrogen-bond acceptors (Lipinski definition) is 5. The number of oxime groups is 1. The number of carbonyl (C=O) groups is 1. The lowest BCUT2D eigenvalue weighted by Crippen LogP contribution is -2.42. The molecule has 0 amide bonds. The van der Waals surface area contributed by atoms with Crippen molar-refractivity contribution in [2.75, 3.05) is 5.75 Å². The molecule has 2 fully saturated rings. The second kappa shape index (κ2) is 6.44. The van der Waals surface area contributed by atoms with Crippen molar-refractivity contribution in [1.29, 1.82) is 0 Å². The average Bonchev–Trinajstić information content (AvgIpc) is 2.90. The molecule has 3 rings (SSSR count). The standard InChI is InChI=1S/C19H24FNO4S/c1-4-16(13-5-7-15(20)8-6-13)21-25-26(23,24)12-19-10-9-14(11-17(19)22)18(19,2)3/h5-8,14H,4,9-12H2,1-3H3. The number of rotatable bonds is 6. The molecule has 0 aliphatic heterocycles. The minimum absolute atomic E-state index is 0.0177. The molecule has 2 bridgehead atoms. The molecule has 5 nitrogen and oxygen atoms in total. The number of nitrogens with zero attached hydrogens (tertiary/aromatic N) is 1. The van der Waals surface area contributed by atoms with Gasteiger partial charge in [-0.25, -0.2) is 4.39 Å². The zero-order valence-corrected chi connectivity index (χ0v) is 16.1. The Hall–Kier alpha value is -1.76. The summed E-state index contributed by atoms with van der Waals surface area (Å²) in [5, 5.41) is 3.80. The molecule has 2 unspecified atom stereocenters. The van der Waals surface area contributed by atoms with Gasteiger partial charge in [-0.1, -0.05) is 38.1 Å². The predicted molar refractivity (Wildman–Crippen MR) is 96.7 cm³/mol. The Morgan fingerprint density at radius 2 is 1.96 bits per heavy atom. The quantitative estimate of drug-likeness (QED) is 0.557. The zero-order valence-electron chi connectivity index (χ0n) is 15.3. The van der Waals surface area contributed by atoms with E-state index in [-0.39, 0.29) is 28.7 Å². The van der Waals surface area contributed by atoms with Crippen molar-refractivity contribution in [3.8, 4) is 0 Å². The van der Waals surface area contributed by atoms with Gasteiger partial charge < -0.3 is 0 Å². The van der Waals surface area contributed by atoms with Crippen molar-refractivity contribution < 1.29 is 21.9 Å². The van der Waals surface area contributed by atoms with Crippen molar-refractivity contribution in [2.24, 2.45) is 21.9 Å². The highest BCUT2D eigenvalue weighted by atomic mass is 32.2. The number of carbonyl (C=O) groups excluding carboxylic acids is 1. The Morgan fingerprint density at radius 3 is 2.46 bits per heavy atom. The van der Waals surface area contributed by atoms with Crippen molar-refractivity contribution >= 4 is 21.6 Å². The van der Waals surface area contributed by atoms with Crippen molar-refractivity contribution in [1.82, 2.24) is 0 Å². The van der Waals surface area contributed by atoms with Gasteiger partial charge in [0.25, 0.3) is 0 Å². The first kappa shape index (κ1) is 19.0. The second-order valence-corrected chi connectivity index (χ2v) is 9.39. The fraction of sp³-hybridized carbons (Fsp3) is 0.579. The van der Waals surface area contributed by atoms with Gasteiger partial charge in [0, 0.05) is 6.42 Å². The van der Waals surface area contributed by atoms with Crippen molar-refractivity contribution in [2.45, 2.75) is 46.5 Å². The molecule has 2 aliphatic carbocycles. The first-order chi connectivity index (χ1) is 12.1. The molecule has 1 aromatic rings. The van der Waals surface area contributed by atoms with Crippen LogP contribution in [0.4, 0.5) is 4.39 Å². The van der Waals surface area contributed by atoms with Gasteiger partial charge in [-0.15, -0.1) is 0 Å². The summed E-state index contributed by atoms with van der Waals surface area (Å²) in [4.78, 5) is 12.5. The van der Waals surface area contributed by atoms with Crippen LogP contribution in [0.5, 0.6) is 0 Å². The Bertz CT molecular complexity index is 845. The number of fused-ring (bicyclic) bond motifs is 2. The number of Topliss-reactive ketones (excluding diaryl/α,β-unsaturated/α-hetero) is 1. The van der Waals surface area contributed by atoms with E-state index in [9.17, 15) is 17.6 Å². The summed E-state index contributed by atoms with van der Waals surface area (Å²) in [7, 11) is -4.02. The maximum Gasteiger partial charge on any atom is 0.329 e. The number of benzene rings is 1. The van der Waals surface area contributed by atoms with Gasteiger partial charge in [-0.05, 0) is 48.3 Å². The van der Waals surface area contributed by atoms with E-state index in [4.69, 9.17) is 4.28 Å². The molecule has 0 saturated heterocycles. The summed E-state index contributed by atoms with van der Waals surface area (Å²) in [5.41, 5.74) is -0.226.